The van der Waals surface area contributed by atoms with Crippen LogP contribution in [0.2, 0.25) is 0 Å². The Morgan fingerprint density at radius 1 is 1.04 bits per heavy atom. The molecule has 4 N–H and O–H groups in total. The number of hydrogen-bond donors (Lipinski definition) is 3. The summed E-state index contributed by atoms with van der Waals surface area (Å²) in [4.78, 5) is 60.6. The lowest BCUT2D eigenvalue weighted by Crippen LogP contribution is -2.71. The van der Waals surface area contributed by atoms with E-state index in [1.807, 2.05) is 16.7 Å². The maximum Gasteiger partial charge on any atom is 0.352 e. The minimum Gasteiger partial charge on any atom is -0.477 e. The van der Waals surface area contributed by atoms with Gasteiger partial charge in [0.15, 0.2) is 24.1 Å². The molecule has 0 bridgehead atoms. The third-order valence-corrected chi connectivity index (χ3v) is 10.7. The lowest BCUT2D eigenvalue weighted by molar-refractivity contribution is -0.689. The highest BCUT2D eigenvalue weighted by molar-refractivity contribution is 8.00. The summed E-state index contributed by atoms with van der Waals surface area (Å²) in [6.07, 6.45) is 20.3. The summed E-state index contributed by atoms with van der Waals surface area (Å²) in [5.74, 6) is -2.46. The normalized spacial score (nSPS) is 17.2. The molecule has 2 aromatic heterocycles. The molecule has 2 aliphatic heterocycles. The lowest BCUT2D eigenvalue weighted by atomic mass is 10.0. The number of nitrogen functional groups attached to an aromatic ring is 1. The van der Waals surface area contributed by atoms with Gasteiger partial charge in [-0.25, -0.2) is 9.36 Å². The molecular weight excluding hydrogens is 695 g/mol. The number of β-lactam (4-membered cyclic amide) rings is 1. The number of rotatable bonds is 23. The quantitative estimate of drug-likeness (QED) is 0.0357. The van der Waals surface area contributed by atoms with E-state index in [0.29, 0.717) is 17.7 Å². The Labute approximate surface area is 307 Å². The molecule has 1 saturated heterocycles. The molecule has 4 rings (SSSR count). The summed E-state index contributed by atoms with van der Waals surface area (Å²) in [7, 11) is 1.25. The molecule has 1 fully saturated rings. The van der Waals surface area contributed by atoms with Crippen LogP contribution in [0.15, 0.2) is 41.0 Å². The number of nitrogens with two attached hydrogens (primary N) is 1. The number of carbonyl (C=O) groups excluding carboxylic acids is 3. The van der Waals surface area contributed by atoms with E-state index in [9.17, 15) is 24.3 Å². The second-order valence-corrected chi connectivity index (χ2v) is 14.6. The van der Waals surface area contributed by atoms with Crippen LogP contribution in [0.3, 0.4) is 0 Å². The van der Waals surface area contributed by atoms with Crippen molar-refractivity contribution in [1.82, 2.24) is 19.6 Å². The topological polar surface area (TPSA) is 190 Å². The molecule has 0 spiro atoms. The molecule has 1 unspecified atom stereocenters. The molecule has 51 heavy (non-hydrogen) atoms. The number of carboxylic acid groups (broad SMARTS) is 1. The highest BCUT2D eigenvalue weighted by atomic mass is 32.2. The second-order valence-electron chi connectivity index (χ2n) is 12.7. The van der Waals surface area contributed by atoms with Crippen LogP contribution >= 0.6 is 23.3 Å². The van der Waals surface area contributed by atoms with Gasteiger partial charge in [-0.3, -0.25) is 19.3 Å². The van der Waals surface area contributed by atoms with Crippen LogP contribution in [0.25, 0.3) is 0 Å². The molecule has 0 aromatic carbocycles. The fourth-order valence-electron chi connectivity index (χ4n) is 6.05. The van der Waals surface area contributed by atoms with Crippen molar-refractivity contribution in [2.45, 2.75) is 121 Å². The SMILES string of the molecule is CCCCCCCCCCCCCCCC(=O)OCc1cc[n+](CC2=C(C(=O)O)N3C(=O)C(NC(=O)C(=NOC)c4nsc(N)n4)[C@H]3SC2)cc1. The Hall–Kier alpha value is -4.05. The maximum absolute atomic E-state index is 13.2. The van der Waals surface area contributed by atoms with Crippen molar-refractivity contribution in [3.05, 3.63) is 47.2 Å². The summed E-state index contributed by atoms with van der Waals surface area (Å²) in [6.45, 7) is 2.65. The Kier molecular flexibility index (Phi) is 16.1. The summed E-state index contributed by atoms with van der Waals surface area (Å²) in [5, 5.41) is 15.9. The monoisotopic (exact) mass is 744 g/mol. The minimum absolute atomic E-state index is 0.0450. The van der Waals surface area contributed by atoms with Crippen LogP contribution in [-0.4, -0.2) is 73.1 Å². The summed E-state index contributed by atoms with van der Waals surface area (Å²) >= 11 is 2.23. The number of thioether (sulfide) groups is 1. The van der Waals surface area contributed by atoms with Gasteiger partial charge in [0.05, 0.1) is 0 Å². The molecule has 0 aliphatic carbocycles. The van der Waals surface area contributed by atoms with E-state index in [4.69, 9.17) is 15.3 Å². The van der Waals surface area contributed by atoms with Crippen LogP contribution in [-0.2, 0) is 41.9 Å². The predicted molar refractivity (Wildman–Crippen MR) is 194 cm³/mol. The molecule has 2 aromatic rings. The number of amides is 2. The van der Waals surface area contributed by atoms with Crippen molar-refractivity contribution < 1.29 is 38.4 Å². The highest BCUT2D eigenvalue weighted by Gasteiger charge is 2.55. The number of aliphatic carboxylic acids is 1. The minimum atomic E-state index is -1.23. The van der Waals surface area contributed by atoms with Gasteiger partial charge in [0.2, 0.25) is 11.5 Å². The van der Waals surface area contributed by atoms with E-state index in [-0.39, 0.29) is 41.5 Å². The Balaban J connectivity index is 1.18. The summed E-state index contributed by atoms with van der Waals surface area (Å²) in [6, 6.07) is 2.67. The molecule has 14 nitrogen and oxygen atoms in total. The zero-order chi connectivity index (χ0) is 36.6. The van der Waals surface area contributed by atoms with Crippen LogP contribution in [0, 0.1) is 0 Å². The number of pyridine rings is 1. The average molecular weight is 745 g/mol. The molecule has 4 heterocycles. The number of fused-ring (bicyclic) bond motifs is 1. The number of aromatic nitrogens is 3. The number of ether oxygens (including phenoxy) is 1. The average Bonchev–Trinajstić information content (AvgIpc) is 3.56. The Morgan fingerprint density at radius 2 is 1.67 bits per heavy atom. The fraction of sp³-hybridized carbons (Fsp3) is 0.600. The standard InChI is InChI=1S/C35H49N7O7S2/c1-3-4-5-6-7-8-9-10-11-12-13-14-15-16-26(43)49-22-24-17-19-41(20-18-24)21-25-23-50-33-28(32(45)42(33)29(25)34(46)47)37-31(44)27(39-48-2)30-38-35(36)51-40-30/h17-20,28,33H,3-16,21-23H2,1-2H3,(H3-,36,37,38,40,44,46,47)/p+1/t28?,33-/m1/s1. The third kappa shape index (κ3) is 11.7. The van der Waals surface area contributed by atoms with E-state index in [0.717, 1.165) is 36.4 Å². The van der Waals surface area contributed by atoms with Gasteiger partial charge < -0.3 is 25.7 Å². The zero-order valence-corrected chi connectivity index (χ0v) is 31.1. The van der Waals surface area contributed by atoms with Crippen molar-refractivity contribution in [2.75, 3.05) is 18.6 Å². The van der Waals surface area contributed by atoms with Crippen LogP contribution < -0.4 is 15.6 Å². The number of carbonyl (C=O) groups is 4. The maximum atomic E-state index is 13.2. The number of esters is 1. The van der Waals surface area contributed by atoms with Crippen molar-refractivity contribution in [1.29, 1.82) is 0 Å². The molecule has 2 atom stereocenters. The van der Waals surface area contributed by atoms with Gasteiger partial charge in [-0.05, 0) is 6.42 Å². The van der Waals surface area contributed by atoms with E-state index >= 15 is 0 Å². The van der Waals surface area contributed by atoms with Gasteiger partial charge in [0, 0.05) is 47.0 Å². The molecule has 278 valence electrons. The van der Waals surface area contributed by atoms with E-state index in [2.05, 4.69) is 26.8 Å². The van der Waals surface area contributed by atoms with Gasteiger partial charge in [-0.2, -0.15) is 9.36 Å². The Bertz CT molecular complexity index is 1550. The molecular formula is C35H50N7O7S2+. The first-order valence-electron chi connectivity index (χ1n) is 17.8. The van der Waals surface area contributed by atoms with Crippen LogP contribution in [0.1, 0.15) is 108 Å². The van der Waals surface area contributed by atoms with Gasteiger partial charge >= 0.3 is 11.9 Å². The van der Waals surface area contributed by atoms with E-state index in [1.165, 1.54) is 88.0 Å². The second kappa shape index (κ2) is 20.7. The largest absolute Gasteiger partial charge is 0.477 e. The first-order valence-corrected chi connectivity index (χ1v) is 19.6. The predicted octanol–water partition coefficient (Wildman–Crippen LogP) is 4.72. The van der Waals surface area contributed by atoms with Gasteiger partial charge in [0.1, 0.15) is 30.8 Å². The number of hydrogen-bond acceptors (Lipinski definition) is 12. The number of nitrogens with one attached hydrogen (secondary N) is 1. The van der Waals surface area contributed by atoms with Crippen LogP contribution in [0.5, 0.6) is 0 Å². The van der Waals surface area contributed by atoms with E-state index in [1.54, 1.807) is 12.4 Å². The summed E-state index contributed by atoms with van der Waals surface area (Å²) < 4.78 is 11.3. The number of nitrogens with zero attached hydrogens (tertiary/aromatic N) is 5. The van der Waals surface area contributed by atoms with Crippen molar-refractivity contribution in [3.8, 4) is 0 Å². The number of unbranched alkanes of at least 4 members (excludes halogenated alkanes) is 12. The van der Waals surface area contributed by atoms with Crippen molar-refractivity contribution in [2.24, 2.45) is 5.16 Å². The number of anilines is 1. The Morgan fingerprint density at radius 3 is 2.24 bits per heavy atom. The smallest absolute Gasteiger partial charge is 0.352 e. The third-order valence-electron chi connectivity index (χ3n) is 8.81. The first-order chi connectivity index (χ1) is 24.7. The van der Waals surface area contributed by atoms with Gasteiger partial charge in [-0.15, -0.1) is 11.8 Å². The van der Waals surface area contributed by atoms with Crippen molar-refractivity contribution >= 4 is 57.9 Å². The van der Waals surface area contributed by atoms with Gasteiger partial charge in [0.25, 0.3) is 11.8 Å². The molecule has 0 saturated carbocycles. The van der Waals surface area contributed by atoms with Crippen LogP contribution in [0.4, 0.5) is 5.13 Å². The van der Waals surface area contributed by atoms with E-state index < -0.39 is 29.2 Å². The summed E-state index contributed by atoms with van der Waals surface area (Å²) in [5.41, 5.74) is 6.63. The number of oxime groups is 1. The zero-order valence-electron chi connectivity index (χ0n) is 29.5. The fourth-order valence-corrected chi connectivity index (χ4v) is 7.82. The lowest BCUT2D eigenvalue weighted by Gasteiger charge is -2.49. The van der Waals surface area contributed by atoms with Crippen molar-refractivity contribution in [3.63, 3.8) is 0 Å². The molecule has 2 amide bonds. The van der Waals surface area contributed by atoms with Gasteiger partial charge in [-0.1, -0.05) is 89.1 Å². The molecule has 2 aliphatic rings. The molecule has 16 heteroatoms. The number of carboxylic acids is 1. The first kappa shape index (κ1) is 39.7. The molecule has 0 radical (unpaired) electrons. The highest BCUT2D eigenvalue weighted by Crippen LogP contribution is 2.40.